The lowest BCUT2D eigenvalue weighted by Gasteiger charge is -2.20. The van der Waals surface area contributed by atoms with Gasteiger partial charge in [-0.25, -0.2) is 0 Å². The minimum atomic E-state index is -0.0556. The van der Waals surface area contributed by atoms with Gasteiger partial charge in [-0.15, -0.1) is 0 Å². The molecule has 1 aliphatic rings. The Labute approximate surface area is 72.2 Å². The van der Waals surface area contributed by atoms with E-state index < -0.39 is 0 Å². The van der Waals surface area contributed by atoms with Crippen LogP contribution in [0.1, 0.15) is 20.3 Å². The molecule has 1 rings (SSSR count). The topological polar surface area (TPSA) is 70.2 Å². The molecule has 1 saturated heterocycles. The van der Waals surface area contributed by atoms with E-state index in [4.69, 9.17) is 11.1 Å². The SMILES string of the molecule is CC(C)N1CC(C(=N)N)CC1=O. The van der Waals surface area contributed by atoms with Crippen LogP contribution in [-0.4, -0.2) is 29.2 Å². The van der Waals surface area contributed by atoms with Crippen molar-refractivity contribution in [1.82, 2.24) is 4.90 Å². The molecule has 12 heavy (non-hydrogen) atoms. The molecule has 0 radical (unpaired) electrons. The van der Waals surface area contributed by atoms with Gasteiger partial charge in [-0.3, -0.25) is 10.2 Å². The van der Waals surface area contributed by atoms with Crippen molar-refractivity contribution in [3.05, 3.63) is 0 Å². The van der Waals surface area contributed by atoms with E-state index in [0.29, 0.717) is 13.0 Å². The molecular formula is C8H15N3O. The van der Waals surface area contributed by atoms with Crippen LogP contribution in [0, 0.1) is 11.3 Å². The first kappa shape index (κ1) is 9.03. The van der Waals surface area contributed by atoms with Crippen LogP contribution in [0.4, 0.5) is 0 Å². The summed E-state index contributed by atoms with van der Waals surface area (Å²) < 4.78 is 0. The van der Waals surface area contributed by atoms with Crippen molar-refractivity contribution in [1.29, 1.82) is 5.41 Å². The number of carbonyl (C=O) groups is 1. The number of rotatable bonds is 2. The fourth-order valence-corrected chi connectivity index (χ4v) is 1.44. The third kappa shape index (κ3) is 1.57. The summed E-state index contributed by atoms with van der Waals surface area (Å²) in [6, 6.07) is 0.224. The molecule has 1 atom stereocenters. The Morgan fingerprint density at radius 1 is 1.75 bits per heavy atom. The average molecular weight is 169 g/mol. The maximum atomic E-state index is 11.3. The van der Waals surface area contributed by atoms with Gasteiger partial charge in [0.1, 0.15) is 0 Å². The van der Waals surface area contributed by atoms with Crippen molar-refractivity contribution in [3.63, 3.8) is 0 Å². The normalized spacial score (nSPS) is 23.8. The molecule has 1 aliphatic heterocycles. The molecule has 1 fully saturated rings. The number of amidine groups is 1. The second kappa shape index (κ2) is 3.13. The number of nitrogens with one attached hydrogen (secondary N) is 1. The molecular weight excluding hydrogens is 154 g/mol. The molecule has 1 unspecified atom stereocenters. The van der Waals surface area contributed by atoms with Crippen molar-refractivity contribution >= 4 is 11.7 Å². The molecule has 0 aromatic carbocycles. The Balaban J connectivity index is 2.62. The lowest BCUT2D eigenvalue weighted by molar-refractivity contribution is -0.129. The summed E-state index contributed by atoms with van der Waals surface area (Å²) in [7, 11) is 0. The zero-order valence-corrected chi connectivity index (χ0v) is 7.50. The highest BCUT2D eigenvalue weighted by molar-refractivity contribution is 5.89. The summed E-state index contributed by atoms with van der Waals surface area (Å²) in [6.45, 7) is 4.56. The van der Waals surface area contributed by atoms with Gasteiger partial charge < -0.3 is 10.6 Å². The highest BCUT2D eigenvalue weighted by Gasteiger charge is 2.32. The third-order valence-corrected chi connectivity index (χ3v) is 2.22. The van der Waals surface area contributed by atoms with Crippen LogP contribution in [0.2, 0.25) is 0 Å². The van der Waals surface area contributed by atoms with Gasteiger partial charge in [0.05, 0.1) is 5.84 Å². The summed E-state index contributed by atoms with van der Waals surface area (Å²) in [6.07, 6.45) is 0.410. The van der Waals surface area contributed by atoms with Crippen molar-refractivity contribution in [2.45, 2.75) is 26.3 Å². The molecule has 0 aromatic rings. The van der Waals surface area contributed by atoms with Gasteiger partial charge in [0, 0.05) is 24.9 Å². The highest BCUT2D eigenvalue weighted by atomic mass is 16.2. The van der Waals surface area contributed by atoms with E-state index in [2.05, 4.69) is 0 Å². The number of amides is 1. The van der Waals surface area contributed by atoms with E-state index in [0.717, 1.165) is 0 Å². The summed E-state index contributed by atoms with van der Waals surface area (Å²) in [5.41, 5.74) is 5.33. The average Bonchev–Trinajstić information content (AvgIpc) is 2.30. The first-order chi connectivity index (χ1) is 5.52. The van der Waals surface area contributed by atoms with Crippen LogP contribution in [0.15, 0.2) is 0 Å². The van der Waals surface area contributed by atoms with Crippen LogP contribution in [0.25, 0.3) is 0 Å². The molecule has 68 valence electrons. The molecule has 4 heteroatoms. The smallest absolute Gasteiger partial charge is 0.223 e. The fourth-order valence-electron chi connectivity index (χ4n) is 1.44. The van der Waals surface area contributed by atoms with Gasteiger partial charge >= 0.3 is 0 Å². The number of nitrogens with zero attached hydrogens (tertiary/aromatic N) is 1. The van der Waals surface area contributed by atoms with Gasteiger partial charge in [0.2, 0.25) is 5.91 Å². The zero-order chi connectivity index (χ0) is 9.30. The van der Waals surface area contributed by atoms with Gasteiger partial charge in [-0.2, -0.15) is 0 Å². The second-order valence-corrected chi connectivity index (χ2v) is 3.50. The number of likely N-dealkylation sites (tertiary alicyclic amines) is 1. The minimum Gasteiger partial charge on any atom is -0.387 e. The van der Waals surface area contributed by atoms with Crippen LogP contribution in [0.3, 0.4) is 0 Å². The predicted octanol–water partition coefficient (Wildman–Crippen LogP) is 0.179. The Morgan fingerprint density at radius 3 is 2.58 bits per heavy atom. The molecule has 1 heterocycles. The Kier molecular flexibility index (Phi) is 2.35. The van der Waals surface area contributed by atoms with E-state index in [1.165, 1.54) is 0 Å². The van der Waals surface area contributed by atoms with Gasteiger partial charge in [-0.05, 0) is 13.8 Å². The molecule has 0 aromatic heterocycles. The standard InChI is InChI=1S/C8H15N3O/c1-5(2)11-4-6(8(9)10)3-7(11)12/h5-6H,3-4H2,1-2H3,(H3,9,10). The number of carbonyl (C=O) groups excluding carboxylic acids is 1. The lowest BCUT2D eigenvalue weighted by atomic mass is 10.1. The number of nitrogens with two attached hydrogens (primary N) is 1. The Bertz CT molecular complexity index is 212. The van der Waals surface area contributed by atoms with Crippen molar-refractivity contribution in [3.8, 4) is 0 Å². The number of hydrogen-bond donors (Lipinski definition) is 2. The molecule has 0 aliphatic carbocycles. The van der Waals surface area contributed by atoms with E-state index in [1.54, 1.807) is 4.90 Å². The van der Waals surface area contributed by atoms with E-state index in [-0.39, 0.29) is 23.7 Å². The Morgan fingerprint density at radius 2 is 2.33 bits per heavy atom. The lowest BCUT2D eigenvalue weighted by Crippen LogP contribution is -2.33. The van der Waals surface area contributed by atoms with Gasteiger partial charge in [0.25, 0.3) is 0 Å². The Hall–Kier alpha value is -1.06. The zero-order valence-electron chi connectivity index (χ0n) is 7.50. The van der Waals surface area contributed by atoms with E-state index in [9.17, 15) is 4.79 Å². The van der Waals surface area contributed by atoms with Crippen LogP contribution >= 0.6 is 0 Å². The van der Waals surface area contributed by atoms with Crippen LogP contribution in [0.5, 0.6) is 0 Å². The van der Waals surface area contributed by atoms with Crippen LogP contribution in [-0.2, 0) is 4.79 Å². The summed E-state index contributed by atoms with van der Waals surface area (Å²) >= 11 is 0. The van der Waals surface area contributed by atoms with Crippen LogP contribution < -0.4 is 5.73 Å². The number of hydrogen-bond acceptors (Lipinski definition) is 2. The summed E-state index contributed by atoms with van der Waals surface area (Å²) in [5.74, 6) is 0.191. The summed E-state index contributed by atoms with van der Waals surface area (Å²) in [4.78, 5) is 13.1. The first-order valence-corrected chi connectivity index (χ1v) is 4.15. The monoisotopic (exact) mass is 169 g/mol. The maximum absolute atomic E-state index is 11.3. The minimum absolute atomic E-state index is 0.0556. The van der Waals surface area contributed by atoms with Gasteiger partial charge in [-0.1, -0.05) is 0 Å². The second-order valence-electron chi connectivity index (χ2n) is 3.50. The maximum Gasteiger partial charge on any atom is 0.223 e. The van der Waals surface area contributed by atoms with Crippen molar-refractivity contribution in [2.75, 3.05) is 6.54 Å². The van der Waals surface area contributed by atoms with E-state index >= 15 is 0 Å². The molecule has 0 saturated carbocycles. The summed E-state index contributed by atoms with van der Waals surface area (Å²) in [5, 5.41) is 7.21. The van der Waals surface area contributed by atoms with E-state index in [1.807, 2.05) is 13.8 Å². The van der Waals surface area contributed by atoms with Gasteiger partial charge in [0.15, 0.2) is 0 Å². The quantitative estimate of drug-likeness (QED) is 0.457. The molecule has 4 nitrogen and oxygen atoms in total. The van der Waals surface area contributed by atoms with Crippen molar-refractivity contribution < 1.29 is 4.79 Å². The van der Waals surface area contributed by atoms with Crippen molar-refractivity contribution in [2.24, 2.45) is 11.7 Å². The third-order valence-electron chi connectivity index (χ3n) is 2.22. The molecule has 1 amide bonds. The highest BCUT2D eigenvalue weighted by Crippen LogP contribution is 2.19. The molecule has 0 bridgehead atoms. The first-order valence-electron chi connectivity index (χ1n) is 4.15. The fraction of sp³-hybridized carbons (Fsp3) is 0.750. The molecule has 0 spiro atoms. The predicted molar refractivity (Wildman–Crippen MR) is 46.9 cm³/mol. The molecule has 3 N–H and O–H groups in total. The largest absolute Gasteiger partial charge is 0.387 e.